The van der Waals surface area contributed by atoms with Crippen LogP contribution in [0.1, 0.15) is 35.6 Å². The molecule has 0 spiro atoms. The van der Waals surface area contributed by atoms with E-state index in [9.17, 15) is 0 Å². The van der Waals surface area contributed by atoms with E-state index in [4.69, 9.17) is 11.6 Å². The molecule has 4 heteroatoms. The molecule has 3 rings (SSSR count). The average Bonchev–Trinajstić information content (AvgIpc) is 3.11. The van der Waals surface area contributed by atoms with Gasteiger partial charge in [-0.3, -0.25) is 4.68 Å². The van der Waals surface area contributed by atoms with Crippen molar-refractivity contribution >= 4 is 27.5 Å². The van der Waals surface area contributed by atoms with Crippen LogP contribution >= 0.6 is 27.5 Å². The minimum Gasteiger partial charge on any atom is -0.265 e. The van der Waals surface area contributed by atoms with Gasteiger partial charge in [0.25, 0.3) is 0 Å². The van der Waals surface area contributed by atoms with Crippen molar-refractivity contribution in [1.82, 2.24) is 9.78 Å². The summed E-state index contributed by atoms with van der Waals surface area (Å²) in [4.78, 5) is 0. The van der Waals surface area contributed by atoms with Crippen molar-refractivity contribution in [1.29, 1.82) is 0 Å². The lowest BCUT2D eigenvalue weighted by Gasteiger charge is -2.08. The molecular weight excluding hydrogens is 312 g/mol. The van der Waals surface area contributed by atoms with Gasteiger partial charge in [-0.1, -0.05) is 39.7 Å². The maximum absolute atomic E-state index is 6.02. The second kappa shape index (κ2) is 5.06. The molecule has 0 atom stereocenters. The summed E-state index contributed by atoms with van der Waals surface area (Å²) >= 11 is 9.56. The second-order valence-electron chi connectivity index (χ2n) is 4.75. The van der Waals surface area contributed by atoms with Gasteiger partial charge in [0.1, 0.15) is 0 Å². The third kappa shape index (κ3) is 2.47. The summed E-state index contributed by atoms with van der Waals surface area (Å²) in [5.74, 6) is 0.708. The number of benzene rings is 1. The molecule has 0 amide bonds. The number of nitrogens with zero attached hydrogens (tertiary/aromatic N) is 2. The normalized spacial score (nSPS) is 15.0. The highest BCUT2D eigenvalue weighted by atomic mass is 79.9. The van der Waals surface area contributed by atoms with Crippen molar-refractivity contribution in [2.45, 2.75) is 30.6 Å². The molecule has 1 aromatic heterocycles. The van der Waals surface area contributed by atoms with Crippen molar-refractivity contribution in [2.24, 2.45) is 0 Å². The number of hydrogen-bond donors (Lipinski definition) is 0. The van der Waals surface area contributed by atoms with Gasteiger partial charge in [0.05, 0.1) is 12.7 Å². The van der Waals surface area contributed by atoms with E-state index in [0.29, 0.717) is 5.92 Å². The molecule has 2 aromatic rings. The van der Waals surface area contributed by atoms with E-state index in [0.717, 1.165) is 16.9 Å². The number of aromatic nitrogens is 2. The van der Waals surface area contributed by atoms with E-state index in [2.05, 4.69) is 31.8 Å². The molecule has 0 bridgehead atoms. The third-order valence-corrected chi connectivity index (χ3v) is 4.13. The average molecular weight is 326 g/mol. The fourth-order valence-corrected chi connectivity index (χ4v) is 2.95. The van der Waals surface area contributed by atoms with Crippen molar-refractivity contribution in [3.8, 4) is 0 Å². The quantitative estimate of drug-likeness (QED) is 0.764. The Bertz CT molecular complexity index is 561. The molecule has 1 saturated carbocycles. The van der Waals surface area contributed by atoms with Crippen LogP contribution in [0.3, 0.4) is 0 Å². The highest BCUT2D eigenvalue weighted by molar-refractivity contribution is 9.08. The Kier molecular flexibility index (Phi) is 3.44. The van der Waals surface area contributed by atoms with Gasteiger partial charge in [0, 0.05) is 27.5 Å². The smallest absolute Gasteiger partial charge is 0.0663 e. The zero-order valence-corrected chi connectivity index (χ0v) is 12.3. The minimum atomic E-state index is 0.708. The standard InChI is InChI=1S/C14H14BrClN2/c15-7-12-8-17-18(14(12)11-4-5-11)9-10-2-1-3-13(16)6-10/h1-3,6,8,11H,4-5,7,9H2. The Morgan fingerprint density at radius 3 is 2.89 bits per heavy atom. The number of halogens is 2. The maximum Gasteiger partial charge on any atom is 0.0663 e. The summed E-state index contributed by atoms with van der Waals surface area (Å²) in [7, 11) is 0. The SMILES string of the molecule is Clc1cccc(Cn2ncc(CBr)c2C2CC2)c1. The van der Waals surface area contributed by atoms with Crippen LogP contribution in [0.15, 0.2) is 30.5 Å². The summed E-state index contributed by atoms with van der Waals surface area (Å²) in [6.07, 6.45) is 4.56. The molecule has 1 heterocycles. The van der Waals surface area contributed by atoms with E-state index in [1.165, 1.54) is 29.7 Å². The predicted molar refractivity (Wildman–Crippen MR) is 77.4 cm³/mol. The molecule has 0 saturated heterocycles. The molecule has 94 valence electrons. The van der Waals surface area contributed by atoms with E-state index in [1.54, 1.807) is 0 Å². The number of rotatable bonds is 4. The van der Waals surface area contributed by atoms with Crippen LogP contribution in [-0.2, 0) is 11.9 Å². The van der Waals surface area contributed by atoms with Gasteiger partial charge >= 0.3 is 0 Å². The van der Waals surface area contributed by atoms with Crippen LogP contribution in [0.5, 0.6) is 0 Å². The van der Waals surface area contributed by atoms with Crippen molar-refractivity contribution in [3.05, 3.63) is 52.3 Å². The highest BCUT2D eigenvalue weighted by Crippen LogP contribution is 2.42. The predicted octanol–water partition coefficient (Wildman–Crippen LogP) is 4.36. The second-order valence-corrected chi connectivity index (χ2v) is 5.75. The first-order valence-electron chi connectivity index (χ1n) is 6.13. The third-order valence-electron chi connectivity index (χ3n) is 3.29. The summed E-state index contributed by atoms with van der Waals surface area (Å²) in [5, 5.41) is 6.19. The lowest BCUT2D eigenvalue weighted by Crippen LogP contribution is -2.06. The summed E-state index contributed by atoms with van der Waals surface area (Å²) < 4.78 is 2.12. The Labute approximate surface area is 120 Å². The number of alkyl halides is 1. The van der Waals surface area contributed by atoms with Crippen molar-refractivity contribution in [2.75, 3.05) is 0 Å². The minimum absolute atomic E-state index is 0.708. The van der Waals surface area contributed by atoms with E-state index >= 15 is 0 Å². The summed E-state index contributed by atoms with van der Waals surface area (Å²) in [6.45, 7) is 0.805. The molecule has 0 unspecified atom stereocenters. The van der Waals surface area contributed by atoms with Crippen LogP contribution in [0, 0.1) is 0 Å². The molecule has 1 aromatic carbocycles. The summed E-state index contributed by atoms with van der Waals surface area (Å²) in [6, 6.07) is 8.00. The van der Waals surface area contributed by atoms with Gasteiger partial charge in [0.2, 0.25) is 0 Å². The molecule has 0 N–H and O–H groups in total. The largest absolute Gasteiger partial charge is 0.265 e. The maximum atomic E-state index is 6.02. The first-order valence-corrected chi connectivity index (χ1v) is 7.63. The van der Waals surface area contributed by atoms with E-state index < -0.39 is 0 Å². The molecule has 0 aliphatic heterocycles. The van der Waals surface area contributed by atoms with Gasteiger partial charge in [-0.25, -0.2) is 0 Å². The molecule has 1 aliphatic carbocycles. The van der Waals surface area contributed by atoms with Crippen LogP contribution in [0.4, 0.5) is 0 Å². The van der Waals surface area contributed by atoms with Crippen LogP contribution < -0.4 is 0 Å². The zero-order valence-electron chi connectivity index (χ0n) is 9.94. The van der Waals surface area contributed by atoms with Crippen LogP contribution in [0.25, 0.3) is 0 Å². The summed E-state index contributed by atoms with van der Waals surface area (Å²) in [5.41, 5.74) is 3.92. The molecular formula is C14H14BrClN2. The van der Waals surface area contributed by atoms with Crippen molar-refractivity contribution in [3.63, 3.8) is 0 Å². The van der Waals surface area contributed by atoms with Gasteiger partial charge in [-0.05, 0) is 30.5 Å². The molecule has 1 aliphatic rings. The highest BCUT2D eigenvalue weighted by Gasteiger charge is 2.29. The number of hydrogen-bond acceptors (Lipinski definition) is 1. The van der Waals surface area contributed by atoms with E-state index in [1.807, 2.05) is 24.4 Å². The Hall–Kier alpha value is -0.800. The Balaban J connectivity index is 1.90. The van der Waals surface area contributed by atoms with Gasteiger partial charge < -0.3 is 0 Å². The van der Waals surface area contributed by atoms with Crippen LogP contribution in [0.2, 0.25) is 5.02 Å². The molecule has 18 heavy (non-hydrogen) atoms. The fraction of sp³-hybridized carbons (Fsp3) is 0.357. The monoisotopic (exact) mass is 324 g/mol. The van der Waals surface area contributed by atoms with Gasteiger partial charge in [-0.2, -0.15) is 5.10 Å². The Morgan fingerprint density at radius 1 is 1.39 bits per heavy atom. The van der Waals surface area contributed by atoms with Gasteiger partial charge in [-0.15, -0.1) is 0 Å². The molecule has 2 nitrogen and oxygen atoms in total. The lowest BCUT2D eigenvalue weighted by molar-refractivity contribution is 0.645. The first kappa shape index (κ1) is 12.2. The van der Waals surface area contributed by atoms with E-state index in [-0.39, 0.29) is 0 Å². The lowest BCUT2D eigenvalue weighted by atomic mass is 10.2. The van der Waals surface area contributed by atoms with Crippen LogP contribution in [-0.4, -0.2) is 9.78 Å². The van der Waals surface area contributed by atoms with Crippen molar-refractivity contribution < 1.29 is 0 Å². The molecule has 0 radical (unpaired) electrons. The molecule has 1 fully saturated rings. The Morgan fingerprint density at radius 2 is 2.22 bits per heavy atom. The first-order chi connectivity index (χ1) is 8.78. The topological polar surface area (TPSA) is 17.8 Å². The fourth-order valence-electron chi connectivity index (χ4n) is 2.30. The zero-order chi connectivity index (χ0) is 12.5. The van der Waals surface area contributed by atoms with Gasteiger partial charge in [0.15, 0.2) is 0 Å².